The quantitative estimate of drug-likeness (QED) is 0.0672. The summed E-state index contributed by atoms with van der Waals surface area (Å²) in [5, 5.41) is 6.18. The van der Waals surface area contributed by atoms with E-state index in [1.807, 2.05) is 0 Å². The van der Waals surface area contributed by atoms with Gasteiger partial charge in [0.05, 0.1) is 20.0 Å². The van der Waals surface area contributed by atoms with Crippen molar-refractivity contribution in [2.24, 2.45) is 0 Å². The fourth-order valence-electron chi connectivity index (χ4n) is 6.88. The van der Waals surface area contributed by atoms with E-state index in [2.05, 4.69) is 212 Å². The SMILES string of the molecule is c1ccc(CN(Cc2ccccc2)OCN2CN(CON(Cc3ccccc3)Cc3ccccc3)CN(CON(Cc3ccccc3)Cc3ccccc3)C2)cc1. The van der Waals surface area contributed by atoms with E-state index in [0.717, 1.165) is 0 Å². The number of nitrogens with zero attached hydrogens (tertiary/aromatic N) is 6. The van der Waals surface area contributed by atoms with Crippen molar-refractivity contribution in [2.45, 2.75) is 39.3 Å². The smallest absolute Gasteiger partial charge is 0.123 e. The van der Waals surface area contributed by atoms with Gasteiger partial charge in [-0.25, -0.2) is 0 Å². The minimum absolute atomic E-state index is 0.405. The summed E-state index contributed by atoms with van der Waals surface area (Å²) in [6.45, 7) is 7.25. The average Bonchev–Trinajstić information content (AvgIpc) is 3.26. The van der Waals surface area contributed by atoms with Crippen LogP contribution >= 0.6 is 0 Å². The molecule has 9 heteroatoms. The molecule has 0 spiro atoms. The third-order valence-corrected chi connectivity index (χ3v) is 9.68. The Morgan fingerprint density at radius 2 is 0.456 bits per heavy atom. The van der Waals surface area contributed by atoms with Crippen molar-refractivity contribution < 1.29 is 14.5 Å². The third kappa shape index (κ3) is 13.8. The lowest BCUT2D eigenvalue weighted by Gasteiger charge is -2.42. The summed E-state index contributed by atoms with van der Waals surface area (Å²) in [4.78, 5) is 26.9. The Morgan fingerprint density at radius 3 is 0.632 bits per heavy atom. The van der Waals surface area contributed by atoms with Crippen LogP contribution in [0.25, 0.3) is 0 Å². The van der Waals surface area contributed by atoms with Crippen LogP contribution in [0.5, 0.6) is 0 Å². The van der Waals surface area contributed by atoms with E-state index in [1.54, 1.807) is 0 Å². The van der Waals surface area contributed by atoms with E-state index in [-0.39, 0.29) is 0 Å². The Hall–Kier alpha value is -5.04. The van der Waals surface area contributed by atoms with Gasteiger partial charge in [0.1, 0.15) is 20.2 Å². The molecule has 294 valence electrons. The molecule has 1 aliphatic rings. The molecule has 0 N–H and O–H groups in total. The molecule has 1 heterocycles. The summed E-state index contributed by atoms with van der Waals surface area (Å²) >= 11 is 0. The lowest BCUT2D eigenvalue weighted by atomic mass is 10.2. The largest absolute Gasteiger partial charge is 0.283 e. The normalized spacial score (nSPS) is 14.2. The molecule has 0 unspecified atom stereocenters. The number of rotatable bonds is 21. The summed E-state index contributed by atoms with van der Waals surface area (Å²) in [5.74, 6) is 0. The van der Waals surface area contributed by atoms with Crippen LogP contribution in [0.3, 0.4) is 0 Å². The van der Waals surface area contributed by atoms with Gasteiger partial charge >= 0.3 is 0 Å². The molecule has 0 radical (unpaired) electrons. The molecule has 1 saturated heterocycles. The topological polar surface area (TPSA) is 47.1 Å². The summed E-state index contributed by atoms with van der Waals surface area (Å²) in [6, 6.07) is 63.0. The highest BCUT2D eigenvalue weighted by molar-refractivity contribution is 5.19. The second-order valence-electron chi connectivity index (χ2n) is 14.5. The highest BCUT2D eigenvalue weighted by Crippen LogP contribution is 2.17. The zero-order chi connectivity index (χ0) is 38.7. The van der Waals surface area contributed by atoms with Crippen molar-refractivity contribution in [2.75, 3.05) is 40.2 Å². The van der Waals surface area contributed by atoms with Gasteiger partial charge in [0.2, 0.25) is 0 Å². The predicted molar refractivity (Wildman–Crippen MR) is 224 cm³/mol. The van der Waals surface area contributed by atoms with Gasteiger partial charge < -0.3 is 0 Å². The first-order valence-corrected chi connectivity index (χ1v) is 19.7. The van der Waals surface area contributed by atoms with Crippen LogP contribution in [0.4, 0.5) is 0 Å². The molecule has 0 aromatic heterocycles. The summed E-state index contributed by atoms with van der Waals surface area (Å²) in [6.07, 6.45) is 0. The molecule has 7 rings (SSSR count). The zero-order valence-electron chi connectivity index (χ0n) is 32.7. The van der Waals surface area contributed by atoms with Gasteiger partial charge in [-0.1, -0.05) is 182 Å². The Bertz CT molecular complexity index is 1600. The molecule has 9 nitrogen and oxygen atoms in total. The van der Waals surface area contributed by atoms with Gasteiger partial charge in [-0.2, -0.15) is 15.2 Å². The van der Waals surface area contributed by atoms with Gasteiger partial charge in [-0.05, 0) is 33.4 Å². The minimum Gasteiger partial charge on any atom is -0.283 e. The van der Waals surface area contributed by atoms with Crippen LogP contribution < -0.4 is 0 Å². The maximum atomic E-state index is 6.66. The van der Waals surface area contributed by atoms with Gasteiger partial charge in [-0.3, -0.25) is 29.2 Å². The molecule has 6 aromatic rings. The van der Waals surface area contributed by atoms with Crippen LogP contribution in [0, 0.1) is 0 Å². The minimum atomic E-state index is 0.405. The molecule has 57 heavy (non-hydrogen) atoms. The van der Waals surface area contributed by atoms with E-state index in [4.69, 9.17) is 14.5 Å². The van der Waals surface area contributed by atoms with Gasteiger partial charge in [0, 0.05) is 39.3 Å². The fourth-order valence-corrected chi connectivity index (χ4v) is 6.88. The number of benzene rings is 6. The Balaban J connectivity index is 1.06. The number of hydrogen-bond acceptors (Lipinski definition) is 9. The van der Waals surface area contributed by atoms with Crippen molar-refractivity contribution in [1.29, 1.82) is 0 Å². The Kier molecular flexibility index (Phi) is 15.5. The van der Waals surface area contributed by atoms with E-state index in [1.165, 1.54) is 33.4 Å². The molecule has 0 amide bonds. The van der Waals surface area contributed by atoms with Crippen molar-refractivity contribution >= 4 is 0 Å². The monoisotopic (exact) mass is 762 g/mol. The number of hydroxylamine groups is 6. The Labute approximate surface area is 338 Å². The van der Waals surface area contributed by atoms with E-state index < -0.39 is 0 Å². The van der Waals surface area contributed by atoms with Crippen molar-refractivity contribution in [1.82, 2.24) is 29.9 Å². The van der Waals surface area contributed by atoms with Crippen LogP contribution in [-0.4, -0.2) is 70.1 Å². The molecule has 0 saturated carbocycles. The van der Waals surface area contributed by atoms with Gasteiger partial charge in [0.25, 0.3) is 0 Å². The maximum absolute atomic E-state index is 6.66. The highest BCUT2D eigenvalue weighted by atomic mass is 16.7. The van der Waals surface area contributed by atoms with Crippen LogP contribution in [-0.2, 0) is 53.8 Å². The second-order valence-corrected chi connectivity index (χ2v) is 14.5. The summed E-state index contributed by atoms with van der Waals surface area (Å²) in [5.41, 5.74) is 7.20. The molecule has 1 fully saturated rings. The third-order valence-electron chi connectivity index (χ3n) is 9.68. The van der Waals surface area contributed by atoms with Crippen LogP contribution in [0.1, 0.15) is 33.4 Å². The standard InChI is InChI=1S/C48H54N6O3/c1-7-19-43(20-8-1)31-52(32-44-21-9-2-10-22-44)55-40-49-37-50(41-56-53(33-45-23-11-3-12-24-45)34-46-25-13-4-14-26-46)39-51(38-49)42-57-54(35-47-27-15-5-16-28-47)36-48-29-17-6-18-30-48/h1-30H,31-42H2. The molecular weight excluding hydrogens is 709 g/mol. The average molecular weight is 763 g/mol. The van der Waals surface area contributed by atoms with Gasteiger partial charge in [-0.15, -0.1) is 0 Å². The van der Waals surface area contributed by atoms with Gasteiger partial charge in [0.15, 0.2) is 0 Å². The van der Waals surface area contributed by atoms with Crippen LogP contribution in [0.2, 0.25) is 0 Å². The summed E-state index contributed by atoms with van der Waals surface area (Å²) in [7, 11) is 0. The van der Waals surface area contributed by atoms with Crippen LogP contribution in [0.15, 0.2) is 182 Å². The first-order chi connectivity index (χ1) is 28.2. The molecule has 0 atom stereocenters. The Morgan fingerprint density at radius 1 is 0.281 bits per heavy atom. The lowest BCUT2D eigenvalue weighted by molar-refractivity contribution is -0.264. The van der Waals surface area contributed by atoms with Crippen molar-refractivity contribution in [3.8, 4) is 0 Å². The highest BCUT2D eigenvalue weighted by Gasteiger charge is 2.26. The van der Waals surface area contributed by atoms with E-state index >= 15 is 0 Å². The van der Waals surface area contributed by atoms with E-state index in [9.17, 15) is 0 Å². The fraction of sp³-hybridized carbons (Fsp3) is 0.250. The first-order valence-electron chi connectivity index (χ1n) is 19.7. The first kappa shape index (κ1) is 40.2. The molecule has 0 bridgehead atoms. The molecular formula is C48H54N6O3. The molecule has 6 aromatic carbocycles. The zero-order valence-corrected chi connectivity index (χ0v) is 32.7. The number of hydrogen-bond donors (Lipinski definition) is 0. The van der Waals surface area contributed by atoms with Crippen molar-refractivity contribution in [3.63, 3.8) is 0 Å². The second kappa shape index (κ2) is 22.0. The molecule has 1 aliphatic heterocycles. The maximum Gasteiger partial charge on any atom is 0.123 e. The van der Waals surface area contributed by atoms with Crippen molar-refractivity contribution in [3.05, 3.63) is 215 Å². The molecule has 0 aliphatic carbocycles. The lowest BCUT2D eigenvalue weighted by Crippen LogP contribution is -2.57. The summed E-state index contributed by atoms with van der Waals surface area (Å²) < 4.78 is 0. The predicted octanol–water partition coefficient (Wildman–Crippen LogP) is 8.55. The van der Waals surface area contributed by atoms with E-state index in [0.29, 0.717) is 79.5 Å².